The molecule has 3 N–H and O–H groups in total. The largest absolute Gasteiger partial charge is 0.480 e. The molecular weight excluding hydrogens is 192 g/mol. The first kappa shape index (κ1) is 9.95. The van der Waals surface area contributed by atoms with E-state index in [0.717, 1.165) is 0 Å². The number of hydrogen-bond donors (Lipinski definition) is 2. The molecule has 1 rings (SSSR count). The van der Waals surface area contributed by atoms with E-state index in [1.807, 2.05) is 0 Å². The Balaban J connectivity index is 2.64. The highest BCUT2D eigenvalue weighted by Crippen LogP contribution is 2.07. The van der Waals surface area contributed by atoms with E-state index >= 15 is 0 Å². The quantitative estimate of drug-likeness (QED) is 0.753. The van der Waals surface area contributed by atoms with E-state index in [9.17, 15) is 4.79 Å². The van der Waals surface area contributed by atoms with Crippen LogP contribution in [-0.2, 0) is 11.2 Å². The predicted octanol–water partition coefficient (Wildman–Crippen LogP) is 0.689. The number of carboxylic acids is 1. The van der Waals surface area contributed by atoms with Gasteiger partial charge in [-0.1, -0.05) is 11.6 Å². The van der Waals surface area contributed by atoms with Crippen LogP contribution in [0.15, 0.2) is 18.3 Å². The van der Waals surface area contributed by atoms with Gasteiger partial charge in [0.2, 0.25) is 0 Å². The maximum Gasteiger partial charge on any atom is 0.320 e. The highest BCUT2D eigenvalue weighted by molar-refractivity contribution is 6.30. The van der Waals surface area contributed by atoms with Gasteiger partial charge in [-0.15, -0.1) is 0 Å². The second kappa shape index (κ2) is 4.20. The van der Waals surface area contributed by atoms with Gasteiger partial charge in [0.15, 0.2) is 0 Å². The Morgan fingerprint density at radius 1 is 1.69 bits per heavy atom. The maximum absolute atomic E-state index is 10.4. The van der Waals surface area contributed by atoms with Gasteiger partial charge < -0.3 is 10.8 Å². The monoisotopic (exact) mass is 200 g/mol. The molecule has 4 nitrogen and oxygen atoms in total. The average Bonchev–Trinajstić information content (AvgIpc) is 2.08. The number of pyridine rings is 1. The summed E-state index contributed by atoms with van der Waals surface area (Å²) in [5, 5.41) is 9.04. The fourth-order valence-corrected chi connectivity index (χ4v) is 0.952. The molecule has 0 saturated carbocycles. The van der Waals surface area contributed by atoms with Crippen molar-refractivity contribution in [1.29, 1.82) is 0 Å². The number of carboxylic acid groups (broad SMARTS) is 1. The van der Waals surface area contributed by atoms with Crippen molar-refractivity contribution in [3.63, 3.8) is 0 Å². The van der Waals surface area contributed by atoms with Crippen LogP contribution in [0.3, 0.4) is 0 Å². The van der Waals surface area contributed by atoms with Gasteiger partial charge in [-0.25, -0.2) is 0 Å². The van der Waals surface area contributed by atoms with Gasteiger partial charge in [0, 0.05) is 18.3 Å². The van der Waals surface area contributed by atoms with Gasteiger partial charge in [-0.2, -0.15) is 0 Å². The summed E-state index contributed by atoms with van der Waals surface area (Å²) in [7, 11) is 0. The van der Waals surface area contributed by atoms with Crippen LogP contribution in [-0.4, -0.2) is 22.1 Å². The molecule has 0 unspecified atom stereocenters. The second-order valence-corrected chi connectivity index (χ2v) is 3.05. The van der Waals surface area contributed by atoms with Crippen molar-refractivity contribution >= 4 is 17.6 Å². The van der Waals surface area contributed by atoms with E-state index in [1.165, 1.54) is 6.20 Å². The normalized spacial score (nSPS) is 12.5. The lowest BCUT2D eigenvalue weighted by atomic mass is 10.1. The zero-order chi connectivity index (χ0) is 9.84. The number of hydrogen-bond acceptors (Lipinski definition) is 3. The lowest BCUT2D eigenvalue weighted by Gasteiger charge is -2.04. The molecule has 1 atom stereocenters. The molecule has 0 aromatic carbocycles. The van der Waals surface area contributed by atoms with Crippen LogP contribution >= 0.6 is 11.6 Å². The summed E-state index contributed by atoms with van der Waals surface area (Å²) >= 11 is 5.60. The molecular formula is C8H9ClN2O2. The number of nitrogens with two attached hydrogens (primary N) is 1. The minimum Gasteiger partial charge on any atom is -0.480 e. The zero-order valence-corrected chi connectivity index (χ0v) is 7.53. The molecule has 0 spiro atoms. The average molecular weight is 201 g/mol. The standard InChI is InChI=1S/C8H9ClN2O2/c9-5-1-2-6(11-4-5)3-7(10)8(12)13/h1-2,4,7H,3,10H2,(H,12,13)/t7-/m0/s1. The van der Waals surface area contributed by atoms with E-state index in [-0.39, 0.29) is 6.42 Å². The molecule has 13 heavy (non-hydrogen) atoms. The highest BCUT2D eigenvalue weighted by Gasteiger charge is 2.12. The van der Waals surface area contributed by atoms with Gasteiger partial charge in [0.25, 0.3) is 0 Å². The second-order valence-electron chi connectivity index (χ2n) is 2.62. The Morgan fingerprint density at radius 2 is 2.38 bits per heavy atom. The van der Waals surface area contributed by atoms with E-state index < -0.39 is 12.0 Å². The minimum absolute atomic E-state index is 0.215. The van der Waals surface area contributed by atoms with Gasteiger partial charge in [-0.3, -0.25) is 9.78 Å². The Labute approximate surface area is 80.3 Å². The topological polar surface area (TPSA) is 76.2 Å². The SMILES string of the molecule is N[C@@H](Cc1ccc(Cl)cn1)C(=O)O. The Kier molecular flexibility index (Phi) is 3.22. The van der Waals surface area contributed by atoms with E-state index in [0.29, 0.717) is 10.7 Å². The van der Waals surface area contributed by atoms with Gasteiger partial charge >= 0.3 is 5.97 Å². The van der Waals surface area contributed by atoms with E-state index in [1.54, 1.807) is 12.1 Å². The van der Waals surface area contributed by atoms with Crippen molar-refractivity contribution in [1.82, 2.24) is 4.98 Å². The summed E-state index contributed by atoms with van der Waals surface area (Å²) in [5.41, 5.74) is 5.94. The van der Waals surface area contributed by atoms with Crippen molar-refractivity contribution in [3.05, 3.63) is 29.0 Å². The number of aromatic nitrogens is 1. The Bertz CT molecular complexity index is 300. The summed E-state index contributed by atoms with van der Waals surface area (Å²) in [5.74, 6) is -1.03. The zero-order valence-electron chi connectivity index (χ0n) is 6.77. The molecule has 0 radical (unpaired) electrons. The Hall–Kier alpha value is -1.13. The minimum atomic E-state index is -1.03. The number of carbonyl (C=O) groups is 1. The van der Waals surface area contributed by atoms with Gasteiger partial charge in [-0.05, 0) is 12.1 Å². The molecule has 0 aliphatic heterocycles. The molecule has 1 aromatic heterocycles. The first-order chi connectivity index (χ1) is 6.09. The van der Waals surface area contributed by atoms with Crippen LogP contribution in [0.2, 0.25) is 5.02 Å². The van der Waals surface area contributed by atoms with Crippen LogP contribution in [0.1, 0.15) is 5.69 Å². The van der Waals surface area contributed by atoms with Crippen molar-refractivity contribution in [2.24, 2.45) is 5.73 Å². The summed E-state index contributed by atoms with van der Waals surface area (Å²) in [6, 6.07) is 2.40. The van der Waals surface area contributed by atoms with E-state index in [2.05, 4.69) is 4.98 Å². The van der Waals surface area contributed by atoms with Crippen LogP contribution in [0.5, 0.6) is 0 Å². The maximum atomic E-state index is 10.4. The van der Waals surface area contributed by atoms with Crippen molar-refractivity contribution in [3.8, 4) is 0 Å². The smallest absolute Gasteiger partial charge is 0.320 e. The van der Waals surface area contributed by atoms with Crippen LogP contribution in [0.25, 0.3) is 0 Å². The molecule has 0 bridgehead atoms. The molecule has 1 heterocycles. The van der Waals surface area contributed by atoms with Crippen molar-refractivity contribution in [2.45, 2.75) is 12.5 Å². The molecule has 0 saturated heterocycles. The molecule has 5 heteroatoms. The third-order valence-electron chi connectivity index (χ3n) is 1.53. The molecule has 0 amide bonds. The van der Waals surface area contributed by atoms with Crippen LogP contribution < -0.4 is 5.73 Å². The lowest BCUT2D eigenvalue weighted by Crippen LogP contribution is -2.32. The summed E-state index contributed by atoms with van der Waals surface area (Å²) in [4.78, 5) is 14.3. The van der Waals surface area contributed by atoms with Crippen LogP contribution in [0, 0.1) is 0 Å². The predicted molar refractivity (Wildman–Crippen MR) is 48.6 cm³/mol. The Morgan fingerprint density at radius 3 is 2.85 bits per heavy atom. The lowest BCUT2D eigenvalue weighted by molar-refractivity contribution is -0.138. The summed E-state index contributed by atoms with van der Waals surface area (Å²) < 4.78 is 0. The molecule has 70 valence electrons. The van der Waals surface area contributed by atoms with Crippen molar-refractivity contribution in [2.75, 3.05) is 0 Å². The summed E-state index contributed by atoms with van der Waals surface area (Å²) in [6.07, 6.45) is 1.68. The highest BCUT2D eigenvalue weighted by atomic mass is 35.5. The van der Waals surface area contributed by atoms with Crippen LogP contribution in [0.4, 0.5) is 0 Å². The van der Waals surface area contributed by atoms with Gasteiger partial charge in [0.1, 0.15) is 6.04 Å². The molecule has 0 aliphatic carbocycles. The number of nitrogens with zero attached hydrogens (tertiary/aromatic N) is 1. The molecule has 0 fully saturated rings. The fourth-order valence-electron chi connectivity index (χ4n) is 0.840. The number of halogens is 1. The number of aliphatic carboxylic acids is 1. The molecule has 0 aliphatic rings. The third-order valence-corrected chi connectivity index (χ3v) is 1.76. The fraction of sp³-hybridized carbons (Fsp3) is 0.250. The molecule has 1 aromatic rings. The van der Waals surface area contributed by atoms with E-state index in [4.69, 9.17) is 22.4 Å². The summed E-state index contributed by atoms with van der Waals surface area (Å²) in [6.45, 7) is 0. The third kappa shape index (κ3) is 3.01. The van der Waals surface area contributed by atoms with Gasteiger partial charge in [0.05, 0.1) is 5.02 Å². The first-order valence-corrected chi connectivity index (χ1v) is 4.06. The van der Waals surface area contributed by atoms with Crippen molar-refractivity contribution < 1.29 is 9.90 Å². The number of rotatable bonds is 3. The first-order valence-electron chi connectivity index (χ1n) is 3.68.